The highest BCUT2D eigenvalue weighted by Crippen LogP contribution is 2.25. The van der Waals surface area contributed by atoms with E-state index in [1.54, 1.807) is 18.6 Å². The van der Waals surface area contributed by atoms with E-state index in [1.807, 2.05) is 0 Å². The van der Waals surface area contributed by atoms with E-state index in [-0.39, 0.29) is 5.56 Å². The minimum absolute atomic E-state index is 0.181. The van der Waals surface area contributed by atoms with Crippen LogP contribution in [-0.4, -0.2) is 49.7 Å². The number of hydrogen-bond donors (Lipinski definition) is 3. The Kier molecular flexibility index (Phi) is 6.46. The molecule has 3 N–H and O–H groups in total. The molecule has 0 radical (unpaired) electrons. The van der Waals surface area contributed by atoms with E-state index < -0.39 is 0 Å². The van der Waals surface area contributed by atoms with Crippen molar-refractivity contribution in [1.29, 1.82) is 0 Å². The third-order valence-electron chi connectivity index (χ3n) is 5.47. The first-order chi connectivity index (χ1) is 13.6. The number of aromatic amines is 3. The summed E-state index contributed by atoms with van der Waals surface area (Å²) in [6.07, 6.45) is 7.59. The number of likely N-dealkylation sites (N-methyl/N-ethyl adjacent to an activating group) is 1. The molecule has 150 valence electrons. The summed E-state index contributed by atoms with van der Waals surface area (Å²) in [5.41, 5.74) is 6.94. The van der Waals surface area contributed by atoms with Crippen LogP contribution < -0.4 is 5.56 Å². The summed E-state index contributed by atoms with van der Waals surface area (Å²) >= 11 is 0. The molecule has 0 aromatic carbocycles. The third kappa shape index (κ3) is 4.09. The smallest absolute Gasteiger partial charge is 0.273 e. The van der Waals surface area contributed by atoms with Crippen LogP contribution in [0.4, 0.5) is 0 Å². The SMILES string of the molecule is CCc1c(Cc2nccnc2-c2c[nH][nH]c2=O)[nH]c(C)c1CCN(CC)CC. The van der Waals surface area contributed by atoms with Crippen LogP contribution in [0.15, 0.2) is 23.4 Å². The molecule has 0 fully saturated rings. The van der Waals surface area contributed by atoms with Gasteiger partial charge in [-0.25, -0.2) is 0 Å². The van der Waals surface area contributed by atoms with E-state index in [4.69, 9.17) is 0 Å². The number of hydrogen-bond acceptors (Lipinski definition) is 4. The number of nitrogens with one attached hydrogen (secondary N) is 3. The Balaban J connectivity index is 1.91. The average Bonchev–Trinajstić information content (AvgIpc) is 3.25. The van der Waals surface area contributed by atoms with Crippen LogP contribution >= 0.6 is 0 Å². The summed E-state index contributed by atoms with van der Waals surface area (Å²) < 4.78 is 0. The van der Waals surface area contributed by atoms with Crippen molar-refractivity contribution in [2.45, 2.75) is 47.0 Å². The number of aromatic nitrogens is 5. The van der Waals surface area contributed by atoms with Crippen molar-refractivity contribution in [3.63, 3.8) is 0 Å². The topological polar surface area (TPSA) is 93.5 Å². The van der Waals surface area contributed by atoms with Crippen LogP contribution in [0.25, 0.3) is 11.3 Å². The van der Waals surface area contributed by atoms with E-state index in [1.165, 1.54) is 22.5 Å². The molecular weight excluding hydrogens is 352 g/mol. The van der Waals surface area contributed by atoms with Crippen LogP contribution in [0.1, 0.15) is 49.0 Å². The summed E-state index contributed by atoms with van der Waals surface area (Å²) in [4.78, 5) is 27.0. The molecule has 0 amide bonds. The molecule has 0 saturated carbocycles. The van der Waals surface area contributed by atoms with Gasteiger partial charge >= 0.3 is 0 Å². The maximum Gasteiger partial charge on any atom is 0.273 e. The highest BCUT2D eigenvalue weighted by Gasteiger charge is 2.18. The van der Waals surface area contributed by atoms with Gasteiger partial charge in [0.1, 0.15) is 0 Å². The monoisotopic (exact) mass is 382 g/mol. The summed E-state index contributed by atoms with van der Waals surface area (Å²) in [5.74, 6) is 0. The quantitative estimate of drug-likeness (QED) is 0.530. The maximum atomic E-state index is 12.0. The van der Waals surface area contributed by atoms with Gasteiger partial charge in [-0.1, -0.05) is 20.8 Å². The second-order valence-electron chi connectivity index (χ2n) is 7.00. The molecule has 3 rings (SSSR count). The lowest BCUT2D eigenvalue weighted by atomic mass is 10.00. The largest absolute Gasteiger partial charge is 0.362 e. The van der Waals surface area contributed by atoms with E-state index in [9.17, 15) is 4.79 Å². The van der Waals surface area contributed by atoms with Gasteiger partial charge < -0.3 is 15.0 Å². The van der Waals surface area contributed by atoms with Gasteiger partial charge in [0.2, 0.25) is 0 Å². The standard InChI is InChI=1S/C21H30N6O/c1-5-15-16(8-11-27(6-2)7-3)14(4)25-18(15)12-19-20(23-10-9-22-19)17-13-24-26-21(17)28/h9-10,13,25H,5-8,11-12H2,1-4H3,(H2,24,26,28). The second kappa shape index (κ2) is 9.01. The Morgan fingerprint density at radius 1 is 1.07 bits per heavy atom. The zero-order valence-corrected chi connectivity index (χ0v) is 17.2. The average molecular weight is 383 g/mol. The highest BCUT2D eigenvalue weighted by atomic mass is 16.1. The van der Waals surface area contributed by atoms with Crippen LogP contribution in [-0.2, 0) is 19.3 Å². The van der Waals surface area contributed by atoms with Crippen LogP contribution in [0.2, 0.25) is 0 Å². The predicted octanol–water partition coefficient (Wildman–Crippen LogP) is 2.83. The van der Waals surface area contributed by atoms with Crippen LogP contribution in [0.3, 0.4) is 0 Å². The van der Waals surface area contributed by atoms with E-state index in [2.05, 4.69) is 57.7 Å². The lowest BCUT2D eigenvalue weighted by Gasteiger charge is -2.18. The molecule has 0 aliphatic rings. The summed E-state index contributed by atoms with van der Waals surface area (Å²) in [6, 6.07) is 0. The Labute approximate surface area is 165 Å². The van der Waals surface area contributed by atoms with Crippen LogP contribution in [0.5, 0.6) is 0 Å². The normalized spacial score (nSPS) is 11.5. The van der Waals surface area contributed by atoms with Crippen molar-refractivity contribution in [1.82, 2.24) is 30.0 Å². The molecule has 0 spiro atoms. The third-order valence-corrected chi connectivity index (χ3v) is 5.47. The maximum absolute atomic E-state index is 12.0. The first-order valence-corrected chi connectivity index (χ1v) is 10.1. The zero-order valence-electron chi connectivity index (χ0n) is 17.2. The van der Waals surface area contributed by atoms with Crippen molar-refractivity contribution >= 4 is 0 Å². The molecule has 3 heterocycles. The molecule has 0 bridgehead atoms. The van der Waals surface area contributed by atoms with E-state index >= 15 is 0 Å². The van der Waals surface area contributed by atoms with Gasteiger partial charge in [0.15, 0.2) is 0 Å². The fourth-order valence-electron chi connectivity index (χ4n) is 3.88. The van der Waals surface area contributed by atoms with Gasteiger partial charge in [0, 0.05) is 42.9 Å². The minimum atomic E-state index is -0.181. The molecule has 0 saturated heterocycles. The minimum Gasteiger partial charge on any atom is -0.362 e. The summed E-state index contributed by atoms with van der Waals surface area (Å²) in [5, 5.41) is 5.32. The van der Waals surface area contributed by atoms with Crippen LogP contribution in [0, 0.1) is 6.92 Å². The molecular formula is C21H30N6O. The van der Waals surface area contributed by atoms with Crippen molar-refractivity contribution < 1.29 is 0 Å². The van der Waals surface area contributed by atoms with Gasteiger partial charge in [-0.2, -0.15) is 0 Å². The Bertz CT molecular complexity index is 963. The van der Waals surface area contributed by atoms with Crippen molar-refractivity contribution in [2.75, 3.05) is 19.6 Å². The molecule has 28 heavy (non-hydrogen) atoms. The lowest BCUT2D eigenvalue weighted by molar-refractivity contribution is 0.307. The summed E-state index contributed by atoms with van der Waals surface area (Å²) in [6.45, 7) is 12.0. The predicted molar refractivity (Wildman–Crippen MR) is 112 cm³/mol. The Morgan fingerprint density at radius 2 is 1.82 bits per heavy atom. The first-order valence-electron chi connectivity index (χ1n) is 10.1. The summed E-state index contributed by atoms with van der Waals surface area (Å²) in [7, 11) is 0. The molecule has 0 aliphatic heterocycles. The van der Waals surface area contributed by atoms with E-state index in [0.717, 1.165) is 38.2 Å². The number of H-pyrrole nitrogens is 3. The molecule has 0 unspecified atom stereocenters. The first kappa shape index (κ1) is 20.1. The Hall–Kier alpha value is -2.67. The van der Waals surface area contributed by atoms with Gasteiger partial charge in [-0.05, 0) is 44.0 Å². The van der Waals surface area contributed by atoms with Crippen molar-refractivity contribution in [2.24, 2.45) is 0 Å². The number of aryl methyl sites for hydroxylation is 1. The van der Waals surface area contributed by atoms with Crippen molar-refractivity contribution in [3.05, 3.63) is 57.2 Å². The molecule has 3 aromatic rings. The molecule has 0 aliphatic carbocycles. The lowest BCUT2D eigenvalue weighted by Crippen LogP contribution is -2.25. The van der Waals surface area contributed by atoms with Crippen molar-refractivity contribution in [3.8, 4) is 11.3 Å². The fourth-order valence-corrected chi connectivity index (χ4v) is 3.88. The molecule has 3 aromatic heterocycles. The van der Waals surface area contributed by atoms with Gasteiger partial charge in [0.05, 0.1) is 17.0 Å². The van der Waals surface area contributed by atoms with E-state index in [0.29, 0.717) is 17.7 Å². The number of rotatable bonds is 9. The fraction of sp³-hybridized carbons (Fsp3) is 0.476. The number of nitrogens with zero attached hydrogens (tertiary/aromatic N) is 3. The molecule has 0 atom stereocenters. The Morgan fingerprint density at radius 3 is 2.46 bits per heavy atom. The zero-order chi connectivity index (χ0) is 20.1. The van der Waals surface area contributed by atoms with Gasteiger partial charge in [-0.3, -0.25) is 19.9 Å². The highest BCUT2D eigenvalue weighted by molar-refractivity contribution is 5.60. The van der Waals surface area contributed by atoms with Gasteiger partial charge in [-0.15, -0.1) is 0 Å². The second-order valence-corrected chi connectivity index (χ2v) is 7.00. The molecule has 7 nitrogen and oxygen atoms in total. The van der Waals surface area contributed by atoms with Gasteiger partial charge in [0.25, 0.3) is 5.56 Å². The molecule has 7 heteroatoms.